The summed E-state index contributed by atoms with van der Waals surface area (Å²) in [6.07, 6.45) is 3.04. The molecule has 2 N–H and O–H groups in total. The summed E-state index contributed by atoms with van der Waals surface area (Å²) in [5.74, 6) is -0.737. The molecule has 4 rings (SSSR count). The van der Waals surface area contributed by atoms with Crippen LogP contribution in [-0.4, -0.2) is 23.3 Å². The van der Waals surface area contributed by atoms with Crippen molar-refractivity contribution in [1.29, 1.82) is 0 Å². The SMILES string of the molecule is COC1=CC(c2ccc3c(c2)CC[C@H]3Oc2cccc([C@H](O)[C@H](C)C(=O)O)c2)=C(F)CC1. The molecule has 0 bridgehead atoms. The molecule has 2 aliphatic carbocycles. The van der Waals surface area contributed by atoms with Gasteiger partial charge in [-0.2, -0.15) is 0 Å². The lowest BCUT2D eigenvalue weighted by atomic mass is 9.95. The van der Waals surface area contributed by atoms with Crippen LogP contribution in [0.2, 0.25) is 0 Å². The van der Waals surface area contributed by atoms with E-state index < -0.39 is 18.0 Å². The number of methoxy groups -OCH3 is 1. The molecule has 0 heterocycles. The summed E-state index contributed by atoms with van der Waals surface area (Å²) in [7, 11) is 1.60. The molecule has 0 radical (unpaired) electrons. The van der Waals surface area contributed by atoms with Crippen LogP contribution in [0.15, 0.2) is 60.1 Å². The Bertz CT molecular complexity index is 1090. The Morgan fingerprint density at radius 3 is 2.72 bits per heavy atom. The van der Waals surface area contributed by atoms with Crippen LogP contribution in [0.25, 0.3) is 5.57 Å². The summed E-state index contributed by atoms with van der Waals surface area (Å²) in [5, 5.41) is 19.5. The van der Waals surface area contributed by atoms with Gasteiger partial charge in [0, 0.05) is 18.4 Å². The van der Waals surface area contributed by atoms with Gasteiger partial charge >= 0.3 is 5.97 Å². The highest BCUT2D eigenvalue weighted by atomic mass is 19.1. The summed E-state index contributed by atoms with van der Waals surface area (Å²) in [4.78, 5) is 11.2. The second kappa shape index (κ2) is 9.17. The number of aliphatic hydroxyl groups excluding tert-OH is 1. The van der Waals surface area contributed by atoms with E-state index in [9.17, 15) is 14.3 Å². The Kier molecular flexibility index (Phi) is 6.33. The molecular formula is C26H27FO5. The molecule has 0 fully saturated rings. The van der Waals surface area contributed by atoms with Crippen LogP contribution in [0.3, 0.4) is 0 Å². The lowest BCUT2D eigenvalue weighted by Gasteiger charge is -2.19. The number of hydrogen-bond donors (Lipinski definition) is 2. The molecule has 168 valence electrons. The molecule has 6 heteroatoms. The fourth-order valence-electron chi connectivity index (χ4n) is 4.31. The van der Waals surface area contributed by atoms with Crippen molar-refractivity contribution in [2.24, 2.45) is 5.92 Å². The van der Waals surface area contributed by atoms with Crippen LogP contribution >= 0.6 is 0 Å². The minimum atomic E-state index is -1.11. The standard InChI is InChI=1S/C26H27FO5/c1-15(26(29)30)25(28)18-4-3-5-20(13-18)32-24-11-7-16-12-17(6-9-21(16)24)22-14-19(31-2)8-10-23(22)27/h3-6,9,12-15,24-25,28H,7-8,10-11H2,1-2H3,(H,29,30)/t15-,24+,25+/m0/s1. The lowest BCUT2D eigenvalue weighted by Crippen LogP contribution is -2.18. The van der Waals surface area contributed by atoms with Gasteiger partial charge in [0.2, 0.25) is 0 Å². The molecule has 0 aliphatic heterocycles. The van der Waals surface area contributed by atoms with Gasteiger partial charge in [0.25, 0.3) is 0 Å². The van der Waals surface area contributed by atoms with E-state index >= 15 is 0 Å². The first-order chi connectivity index (χ1) is 15.4. The maximum absolute atomic E-state index is 14.5. The van der Waals surface area contributed by atoms with Gasteiger partial charge in [0.1, 0.15) is 17.7 Å². The van der Waals surface area contributed by atoms with E-state index in [2.05, 4.69) is 0 Å². The van der Waals surface area contributed by atoms with Gasteiger partial charge < -0.3 is 19.7 Å². The van der Waals surface area contributed by atoms with Crippen molar-refractivity contribution in [2.75, 3.05) is 7.11 Å². The largest absolute Gasteiger partial charge is 0.501 e. The van der Waals surface area contributed by atoms with Gasteiger partial charge in [-0.1, -0.05) is 30.3 Å². The average molecular weight is 438 g/mol. The number of carboxylic acids is 1. The first kappa shape index (κ1) is 22.1. The molecule has 0 unspecified atom stereocenters. The summed E-state index contributed by atoms with van der Waals surface area (Å²) in [6, 6.07) is 12.9. The van der Waals surface area contributed by atoms with E-state index in [0.717, 1.165) is 35.3 Å². The van der Waals surface area contributed by atoms with Crippen molar-refractivity contribution in [3.63, 3.8) is 0 Å². The maximum atomic E-state index is 14.5. The number of rotatable bonds is 7. The minimum absolute atomic E-state index is 0.123. The summed E-state index contributed by atoms with van der Waals surface area (Å²) >= 11 is 0. The molecule has 3 atom stereocenters. The van der Waals surface area contributed by atoms with Crippen molar-refractivity contribution in [3.8, 4) is 5.75 Å². The number of fused-ring (bicyclic) bond motifs is 1. The van der Waals surface area contributed by atoms with Gasteiger partial charge in [-0.25, -0.2) is 4.39 Å². The number of hydrogen-bond acceptors (Lipinski definition) is 4. The third-order valence-corrected chi connectivity index (χ3v) is 6.27. The van der Waals surface area contributed by atoms with E-state index in [-0.39, 0.29) is 11.9 Å². The molecule has 2 aliphatic rings. The molecule has 0 spiro atoms. The van der Waals surface area contributed by atoms with Gasteiger partial charge in [0.05, 0.1) is 24.9 Å². The Morgan fingerprint density at radius 1 is 1.16 bits per heavy atom. The van der Waals surface area contributed by atoms with E-state index in [0.29, 0.717) is 29.7 Å². The van der Waals surface area contributed by atoms with Gasteiger partial charge in [-0.3, -0.25) is 4.79 Å². The van der Waals surface area contributed by atoms with Gasteiger partial charge in [-0.05, 0) is 60.2 Å². The highest BCUT2D eigenvalue weighted by Crippen LogP contribution is 2.39. The average Bonchev–Trinajstić information content (AvgIpc) is 3.20. The smallest absolute Gasteiger partial charge is 0.309 e. The van der Waals surface area contributed by atoms with E-state index in [1.165, 1.54) is 6.92 Å². The maximum Gasteiger partial charge on any atom is 0.309 e. The van der Waals surface area contributed by atoms with E-state index in [1.807, 2.05) is 18.2 Å². The molecular weight excluding hydrogens is 411 g/mol. The van der Waals surface area contributed by atoms with Crippen LogP contribution < -0.4 is 4.74 Å². The number of benzene rings is 2. The molecule has 32 heavy (non-hydrogen) atoms. The van der Waals surface area contributed by atoms with Gasteiger partial charge in [0.15, 0.2) is 0 Å². The molecule has 5 nitrogen and oxygen atoms in total. The third kappa shape index (κ3) is 4.41. The number of halogens is 1. The number of aliphatic hydroxyl groups is 1. The number of carboxylic acid groups (broad SMARTS) is 1. The summed E-state index contributed by atoms with van der Waals surface area (Å²) in [6.45, 7) is 1.47. The number of carbonyl (C=O) groups is 1. The monoisotopic (exact) mass is 438 g/mol. The first-order valence-corrected chi connectivity index (χ1v) is 10.8. The number of aliphatic carboxylic acids is 1. The second-order valence-corrected chi connectivity index (χ2v) is 8.34. The highest BCUT2D eigenvalue weighted by Gasteiger charge is 2.27. The third-order valence-electron chi connectivity index (χ3n) is 6.27. The van der Waals surface area contributed by atoms with E-state index in [4.69, 9.17) is 14.6 Å². The Balaban J connectivity index is 1.53. The van der Waals surface area contributed by atoms with Crippen molar-refractivity contribution < 1.29 is 28.9 Å². The van der Waals surface area contributed by atoms with Crippen LogP contribution in [0.1, 0.15) is 60.6 Å². The number of aryl methyl sites for hydroxylation is 1. The van der Waals surface area contributed by atoms with Gasteiger partial charge in [-0.15, -0.1) is 0 Å². The zero-order valence-electron chi connectivity index (χ0n) is 18.2. The molecule has 2 aromatic carbocycles. The van der Waals surface area contributed by atoms with Crippen LogP contribution in [-0.2, 0) is 16.0 Å². The van der Waals surface area contributed by atoms with Crippen LogP contribution in [0.5, 0.6) is 5.75 Å². The molecule has 2 aromatic rings. The Labute approximate surface area is 186 Å². The predicted molar refractivity (Wildman–Crippen MR) is 119 cm³/mol. The second-order valence-electron chi connectivity index (χ2n) is 8.34. The molecule has 0 saturated heterocycles. The first-order valence-electron chi connectivity index (χ1n) is 10.8. The number of allylic oxidation sites excluding steroid dienone is 4. The quantitative estimate of drug-likeness (QED) is 0.596. The molecule has 0 saturated carbocycles. The van der Waals surface area contributed by atoms with Crippen molar-refractivity contribution >= 4 is 11.5 Å². The lowest BCUT2D eigenvalue weighted by molar-refractivity contribution is -0.145. The fourth-order valence-corrected chi connectivity index (χ4v) is 4.31. The zero-order chi connectivity index (χ0) is 22.8. The summed E-state index contributed by atoms with van der Waals surface area (Å²) < 4.78 is 26.0. The van der Waals surface area contributed by atoms with Crippen LogP contribution in [0, 0.1) is 5.92 Å². The predicted octanol–water partition coefficient (Wildman–Crippen LogP) is 5.51. The van der Waals surface area contributed by atoms with Crippen molar-refractivity contribution in [3.05, 3.63) is 82.4 Å². The zero-order valence-corrected chi connectivity index (χ0v) is 18.2. The molecule has 0 amide bonds. The normalized spacial score (nSPS) is 19.8. The fraction of sp³-hybridized carbons (Fsp3) is 0.346. The highest BCUT2D eigenvalue weighted by molar-refractivity contribution is 5.77. The number of ether oxygens (including phenoxy) is 2. The summed E-state index contributed by atoms with van der Waals surface area (Å²) in [5.41, 5.74) is 4.11. The molecule has 0 aromatic heterocycles. The minimum Gasteiger partial charge on any atom is -0.501 e. The van der Waals surface area contributed by atoms with Crippen LogP contribution in [0.4, 0.5) is 4.39 Å². The Morgan fingerprint density at radius 2 is 1.97 bits per heavy atom. The van der Waals surface area contributed by atoms with E-state index in [1.54, 1.807) is 37.5 Å². The van der Waals surface area contributed by atoms with Crippen molar-refractivity contribution in [1.82, 2.24) is 0 Å². The van der Waals surface area contributed by atoms with Crippen molar-refractivity contribution in [2.45, 2.75) is 44.8 Å². The Hall–Kier alpha value is -3.12. The topological polar surface area (TPSA) is 76.0 Å².